The van der Waals surface area contributed by atoms with Crippen LogP contribution >= 0.6 is 0 Å². The smallest absolute Gasteiger partial charge is 0.468 e. The van der Waals surface area contributed by atoms with Crippen LogP contribution in [0.15, 0.2) is 6.20 Å². The van der Waals surface area contributed by atoms with E-state index >= 15 is 0 Å². The molecule has 0 spiro atoms. The molecule has 150 valence electrons. The Morgan fingerprint density at radius 3 is 2.25 bits per heavy atom. The van der Waals surface area contributed by atoms with Crippen LogP contribution in [-0.4, -0.2) is 34.1 Å². The van der Waals surface area contributed by atoms with Gasteiger partial charge in [-0.3, -0.25) is 14.8 Å². The maximum atomic E-state index is 11.8. The minimum Gasteiger partial charge on any atom is -0.468 e. The van der Waals surface area contributed by atoms with Crippen LogP contribution < -0.4 is 5.32 Å². The van der Waals surface area contributed by atoms with E-state index in [2.05, 4.69) is 42.3 Å². The van der Waals surface area contributed by atoms with Gasteiger partial charge in [0.25, 0.3) is 0 Å². The Kier molecular flexibility index (Phi) is 12.7. The first kappa shape index (κ1) is 25.1. The van der Waals surface area contributed by atoms with Gasteiger partial charge in [-0.05, 0) is 70.1 Å². The summed E-state index contributed by atoms with van der Waals surface area (Å²) >= 11 is 0. The molecule has 0 unspecified atom stereocenters. The molecule has 1 aromatic rings. The molecule has 7 heteroatoms. The Bertz CT molecular complexity index is 533. The van der Waals surface area contributed by atoms with Gasteiger partial charge in [0, 0.05) is 25.2 Å². The van der Waals surface area contributed by atoms with Crippen molar-refractivity contribution in [3.8, 4) is 0 Å². The van der Waals surface area contributed by atoms with Crippen LogP contribution in [0.1, 0.15) is 26.0 Å². The molecule has 0 aromatic carbocycles. The molecular weight excluding hydrogens is 396 g/mol. The van der Waals surface area contributed by atoms with Crippen LogP contribution in [0.5, 0.6) is 0 Å². The van der Waals surface area contributed by atoms with E-state index in [1.165, 1.54) is 13.0 Å². The number of carbonyl (C=O) groups is 1. The first-order chi connectivity index (χ1) is 13.1. The normalized spacial score (nSPS) is 17.7. The van der Waals surface area contributed by atoms with E-state index in [0.29, 0.717) is 19.0 Å². The number of rotatable bonds is 8. The standard InChI is InChI=1S/C16H23N4O2.C5H5.Fe/c1-12(2)8-15(16(21)22-3)17-9-14-11-20(19-18-14)10-13-6-4-5-7-13;1-2-4-5-3-1;/h4-7,11-12,15,17H,8-10H2,1-3H3;1-5H;/q;;+2/t15-;;/m0../s1. The third kappa shape index (κ3) is 9.53. The molecule has 2 aliphatic carbocycles. The molecule has 0 bridgehead atoms. The first-order valence-electron chi connectivity index (χ1n) is 9.16. The minimum atomic E-state index is -0.315. The number of esters is 1. The zero-order valence-electron chi connectivity index (χ0n) is 16.6. The number of hydrogen-bond acceptors (Lipinski definition) is 5. The average molecular weight is 424 g/mol. The van der Waals surface area contributed by atoms with Crippen molar-refractivity contribution in [2.75, 3.05) is 7.11 Å². The predicted octanol–water partition coefficient (Wildman–Crippen LogP) is 2.38. The van der Waals surface area contributed by atoms with Crippen molar-refractivity contribution < 1.29 is 26.6 Å². The fraction of sp³-hybridized carbons (Fsp3) is 0.381. The number of methoxy groups -OCH3 is 1. The molecule has 2 saturated carbocycles. The number of nitrogens with zero attached hydrogens (tertiary/aromatic N) is 3. The summed E-state index contributed by atoms with van der Waals surface area (Å²) in [6.07, 6.45) is 20.7. The first-order valence-corrected chi connectivity index (χ1v) is 9.16. The quantitative estimate of drug-likeness (QED) is 0.513. The third-order valence-electron chi connectivity index (χ3n) is 3.94. The molecule has 1 N–H and O–H groups in total. The van der Waals surface area contributed by atoms with Crippen LogP contribution in [-0.2, 0) is 39.7 Å². The summed E-state index contributed by atoms with van der Waals surface area (Å²) in [6.45, 7) is 5.35. The topological polar surface area (TPSA) is 69.0 Å². The summed E-state index contributed by atoms with van der Waals surface area (Å²) < 4.78 is 6.63. The minimum absolute atomic E-state index is 0. The molecule has 1 atom stereocenters. The van der Waals surface area contributed by atoms with Crippen molar-refractivity contribution in [2.24, 2.45) is 5.92 Å². The fourth-order valence-electron chi connectivity index (χ4n) is 2.63. The Hall–Kier alpha value is -0.911. The molecule has 0 saturated heterocycles. The fourth-order valence-corrected chi connectivity index (χ4v) is 2.63. The van der Waals surface area contributed by atoms with Gasteiger partial charge in [-0.1, -0.05) is 19.1 Å². The van der Waals surface area contributed by atoms with Crippen molar-refractivity contribution in [3.05, 3.63) is 75.6 Å². The Labute approximate surface area is 181 Å². The van der Waals surface area contributed by atoms with Crippen molar-refractivity contribution in [1.82, 2.24) is 20.3 Å². The van der Waals surface area contributed by atoms with Crippen molar-refractivity contribution in [3.63, 3.8) is 0 Å². The summed E-state index contributed by atoms with van der Waals surface area (Å²) in [5, 5.41) is 11.4. The molecule has 0 aliphatic heterocycles. The molecule has 6 nitrogen and oxygen atoms in total. The maximum Gasteiger partial charge on any atom is 2.00 e. The Morgan fingerprint density at radius 2 is 1.71 bits per heavy atom. The molecule has 1 heterocycles. The average Bonchev–Trinajstić information content (AvgIpc) is 3.41. The van der Waals surface area contributed by atoms with Crippen molar-refractivity contribution >= 4 is 5.97 Å². The van der Waals surface area contributed by atoms with Gasteiger partial charge >= 0.3 is 23.0 Å². The SMILES string of the molecule is COC(=O)[C@H](CC(C)C)NCc1cn(C[C]2[CH][CH][CH][CH]2)nn1.[CH]1[CH][CH][CH][CH]1.[Fe+2]. The molecule has 28 heavy (non-hydrogen) atoms. The van der Waals surface area contributed by atoms with Gasteiger partial charge in [-0.15, -0.1) is 5.10 Å². The number of nitrogens with one attached hydrogen (secondary N) is 1. The summed E-state index contributed by atoms with van der Waals surface area (Å²) in [5.74, 6) is 1.36. The zero-order valence-corrected chi connectivity index (χ0v) is 17.7. The van der Waals surface area contributed by atoms with E-state index in [9.17, 15) is 4.79 Å². The Balaban J connectivity index is 0.000000567. The van der Waals surface area contributed by atoms with Gasteiger partial charge < -0.3 is 4.74 Å². The number of ether oxygens (including phenoxy) is 1. The van der Waals surface area contributed by atoms with Crippen molar-refractivity contribution in [1.29, 1.82) is 0 Å². The molecule has 10 radical (unpaired) electrons. The molecule has 3 rings (SSSR count). The maximum absolute atomic E-state index is 11.8. The van der Waals surface area contributed by atoms with Gasteiger partial charge in [0.15, 0.2) is 0 Å². The molecule has 1 aromatic heterocycles. The van der Waals surface area contributed by atoms with Gasteiger partial charge in [-0.2, -0.15) is 0 Å². The molecule has 2 fully saturated rings. The predicted molar refractivity (Wildman–Crippen MR) is 104 cm³/mol. The van der Waals surface area contributed by atoms with E-state index in [1.54, 1.807) is 4.68 Å². The van der Waals surface area contributed by atoms with Crippen LogP contribution in [0.4, 0.5) is 0 Å². The second kappa shape index (κ2) is 14.1. The van der Waals surface area contributed by atoms with Crippen LogP contribution in [0.3, 0.4) is 0 Å². The van der Waals surface area contributed by atoms with E-state index < -0.39 is 0 Å². The second-order valence-corrected chi connectivity index (χ2v) is 6.75. The summed E-state index contributed by atoms with van der Waals surface area (Å²) in [6, 6.07) is -0.315. The van der Waals surface area contributed by atoms with Crippen molar-refractivity contribution in [2.45, 2.75) is 39.4 Å². The largest absolute Gasteiger partial charge is 2.00 e. The van der Waals surface area contributed by atoms with E-state index in [0.717, 1.165) is 12.1 Å². The van der Waals surface area contributed by atoms with Crippen LogP contribution in [0.25, 0.3) is 0 Å². The number of aromatic nitrogens is 3. The van der Waals surface area contributed by atoms with Crippen LogP contribution in [0.2, 0.25) is 0 Å². The van der Waals surface area contributed by atoms with Gasteiger partial charge in [0.05, 0.1) is 12.8 Å². The third-order valence-corrected chi connectivity index (χ3v) is 3.94. The zero-order chi connectivity index (χ0) is 19.5. The summed E-state index contributed by atoms with van der Waals surface area (Å²) in [7, 11) is 1.41. The molecule has 2 aliphatic rings. The van der Waals surface area contributed by atoms with E-state index in [-0.39, 0.29) is 29.1 Å². The van der Waals surface area contributed by atoms with Crippen LogP contribution in [0, 0.1) is 69.6 Å². The summed E-state index contributed by atoms with van der Waals surface area (Å²) in [5.41, 5.74) is 0.809. The van der Waals surface area contributed by atoms with Gasteiger partial charge in [-0.25, -0.2) is 0 Å². The monoisotopic (exact) mass is 424 g/mol. The molecular formula is C21H28FeN4O2+2. The van der Waals surface area contributed by atoms with E-state index in [4.69, 9.17) is 4.74 Å². The van der Waals surface area contributed by atoms with Gasteiger partial charge in [0.1, 0.15) is 6.04 Å². The van der Waals surface area contributed by atoms with Gasteiger partial charge in [0.2, 0.25) is 0 Å². The molecule has 0 amide bonds. The van der Waals surface area contributed by atoms with E-state index in [1.807, 2.05) is 51.1 Å². The Morgan fingerprint density at radius 1 is 1.11 bits per heavy atom. The number of carbonyl (C=O) groups excluding carboxylic acids is 1. The second-order valence-electron chi connectivity index (χ2n) is 6.75. The number of hydrogen-bond donors (Lipinski definition) is 1. The summed E-state index contributed by atoms with van der Waals surface area (Å²) in [4.78, 5) is 11.8.